The summed E-state index contributed by atoms with van der Waals surface area (Å²) >= 11 is 7.65. The van der Waals surface area contributed by atoms with E-state index >= 15 is 0 Å². The number of halogens is 1. The van der Waals surface area contributed by atoms with Crippen molar-refractivity contribution in [2.24, 2.45) is 0 Å². The van der Waals surface area contributed by atoms with Crippen LogP contribution in [0.25, 0.3) is 0 Å². The highest BCUT2D eigenvalue weighted by Gasteiger charge is 2.09. The van der Waals surface area contributed by atoms with Crippen LogP contribution in [0.2, 0.25) is 4.34 Å². The highest BCUT2D eigenvalue weighted by molar-refractivity contribution is 7.16. The lowest BCUT2D eigenvalue weighted by Crippen LogP contribution is -2.20. The lowest BCUT2D eigenvalue weighted by Gasteiger charge is -2.22. The average molecular weight is 309 g/mol. The zero-order chi connectivity index (χ0) is 14.5. The van der Waals surface area contributed by atoms with Crippen molar-refractivity contribution < 1.29 is 0 Å². The summed E-state index contributed by atoms with van der Waals surface area (Å²) in [6, 6.07) is 10.7. The minimum Gasteiger partial charge on any atom is -0.369 e. The third kappa shape index (κ3) is 3.98. The Morgan fingerprint density at radius 1 is 1.25 bits per heavy atom. The Bertz CT molecular complexity index is 565. The Morgan fingerprint density at radius 2 is 2.05 bits per heavy atom. The molecule has 2 nitrogen and oxygen atoms in total. The third-order valence-corrected chi connectivity index (χ3v) is 4.45. The maximum atomic E-state index is 6.00. The number of thiophene rings is 1. The van der Waals surface area contributed by atoms with Crippen LogP contribution in [0.1, 0.15) is 22.9 Å². The number of hydrogen-bond acceptors (Lipinski definition) is 3. The number of rotatable bonds is 6. The topological polar surface area (TPSA) is 15.3 Å². The molecule has 2 aromatic rings. The second kappa shape index (κ2) is 7.11. The van der Waals surface area contributed by atoms with Crippen LogP contribution in [0, 0.1) is 6.92 Å². The molecule has 0 amide bonds. The molecule has 108 valence electrons. The minimum absolute atomic E-state index is 0.852. The van der Waals surface area contributed by atoms with E-state index in [1.165, 1.54) is 21.7 Å². The minimum atomic E-state index is 0.852. The highest BCUT2D eigenvalue weighted by Crippen LogP contribution is 2.26. The molecule has 0 saturated carbocycles. The Labute approximate surface area is 130 Å². The molecule has 20 heavy (non-hydrogen) atoms. The van der Waals surface area contributed by atoms with E-state index in [9.17, 15) is 0 Å². The lowest BCUT2D eigenvalue weighted by molar-refractivity contribution is 0.723. The summed E-state index contributed by atoms with van der Waals surface area (Å²) in [7, 11) is 2.13. The number of aryl methyl sites for hydroxylation is 1. The number of nitrogens with one attached hydrogen (secondary N) is 1. The zero-order valence-electron chi connectivity index (χ0n) is 12.2. The van der Waals surface area contributed by atoms with Crippen LogP contribution in [0.5, 0.6) is 0 Å². The van der Waals surface area contributed by atoms with Crippen molar-refractivity contribution in [3.05, 3.63) is 50.7 Å². The third-order valence-electron chi connectivity index (χ3n) is 3.23. The second-order valence-electron chi connectivity index (χ2n) is 4.97. The maximum absolute atomic E-state index is 6.00. The molecule has 1 aromatic carbocycles. The summed E-state index contributed by atoms with van der Waals surface area (Å²) in [5, 5.41) is 3.41. The van der Waals surface area contributed by atoms with E-state index < -0.39 is 0 Å². The smallest absolute Gasteiger partial charge is 0.0931 e. The van der Waals surface area contributed by atoms with Gasteiger partial charge in [-0.3, -0.25) is 0 Å². The van der Waals surface area contributed by atoms with Crippen molar-refractivity contribution in [3.63, 3.8) is 0 Å². The normalized spacial score (nSPS) is 10.8. The van der Waals surface area contributed by atoms with Gasteiger partial charge in [0.05, 0.1) is 10.9 Å². The van der Waals surface area contributed by atoms with Gasteiger partial charge in [-0.2, -0.15) is 0 Å². The summed E-state index contributed by atoms with van der Waals surface area (Å²) in [5.41, 5.74) is 3.92. The van der Waals surface area contributed by atoms with Crippen LogP contribution in [0.4, 0.5) is 5.69 Å². The predicted octanol–water partition coefficient (Wildman–Crippen LogP) is 4.46. The summed E-state index contributed by atoms with van der Waals surface area (Å²) in [4.78, 5) is 3.57. The van der Waals surface area contributed by atoms with Crippen molar-refractivity contribution in [1.82, 2.24) is 5.32 Å². The highest BCUT2D eigenvalue weighted by atomic mass is 35.5. The van der Waals surface area contributed by atoms with Crippen LogP contribution in [0.3, 0.4) is 0 Å². The number of nitrogens with zero attached hydrogens (tertiary/aromatic N) is 1. The lowest BCUT2D eigenvalue weighted by atomic mass is 10.1. The van der Waals surface area contributed by atoms with Crippen LogP contribution in [0.15, 0.2) is 30.3 Å². The summed E-state index contributed by atoms with van der Waals surface area (Å²) in [6.07, 6.45) is 0. The Kier molecular flexibility index (Phi) is 5.46. The molecule has 0 spiro atoms. The Hall–Kier alpha value is -1.03. The van der Waals surface area contributed by atoms with E-state index in [0.717, 1.165) is 24.0 Å². The quantitative estimate of drug-likeness (QED) is 0.848. The van der Waals surface area contributed by atoms with E-state index in [1.54, 1.807) is 11.3 Å². The van der Waals surface area contributed by atoms with Gasteiger partial charge in [0.25, 0.3) is 0 Å². The number of anilines is 1. The van der Waals surface area contributed by atoms with Gasteiger partial charge in [0, 0.05) is 24.2 Å². The van der Waals surface area contributed by atoms with Crippen molar-refractivity contribution in [2.75, 3.05) is 18.5 Å². The first-order chi connectivity index (χ1) is 9.60. The molecular formula is C16H21ClN2S. The van der Waals surface area contributed by atoms with Crippen molar-refractivity contribution >= 4 is 28.6 Å². The maximum Gasteiger partial charge on any atom is 0.0931 e. The molecule has 1 N–H and O–H groups in total. The molecule has 1 aromatic heterocycles. The van der Waals surface area contributed by atoms with Crippen LogP contribution in [-0.4, -0.2) is 13.6 Å². The fourth-order valence-electron chi connectivity index (χ4n) is 2.24. The van der Waals surface area contributed by atoms with Crippen LogP contribution >= 0.6 is 22.9 Å². The van der Waals surface area contributed by atoms with E-state index in [1.807, 2.05) is 6.07 Å². The van der Waals surface area contributed by atoms with Gasteiger partial charge in [-0.25, -0.2) is 0 Å². The molecular weight excluding hydrogens is 288 g/mol. The van der Waals surface area contributed by atoms with E-state index in [-0.39, 0.29) is 0 Å². The molecule has 0 fully saturated rings. The monoisotopic (exact) mass is 308 g/mol. The van der Waals surface area contributed by atoms with Crippen molar-refractivity contribution in [2.45, 2.75) is 26.9 Å². The van der Waals surface area contributed by atoms with E-state index in [0.29, 0.717) is 0 Å². The first-order valence-electron chi connectivity index (χ1n) is 6.85. The second-order valence-corrected chi connectivity index (χ2v) is 6.77. The van der Waals surface area contributed by atoms with E-state index in [2.05, 4.69) is 55.4 Å². The van der Waals surface area contributed by atoms with Crippen molar-refractivity contribution in [1.29, 1.82) is 0 Å². The van der Waals surface area contributed by atoms with Gasteiger partial charge >= 0.3 is 0 Å². The molecule has 0 unspecified atom stereocenters. The Balaban J connectivity index is 2.17. The SMILES string of the molecule is CCNCc1cc(C)ccc1N(C)Cc1ccc(Cl)s1. The van der Waals surface area contributed by atoms with Crippen LogP contribution in [-0.2, 0) is 13.1 Å². The van der Waals surface area contributed by atoms with Gasteiger partial charge in [-0.05, 0) is 37.2 Å². The largest absolute Gasteiger partial charge is 0.369 e. The van der Waals surface area contributed by atoms with Gasteiger partial charge in [0.15, 0.2) is 0 Å². The average Bonchev–Trinajstić information content (AvgIpc) is 2.81. The molecule has 0 radical (unpaired) electrons. The Morgan fingerprint density at radius 3 is 2.70 bits per heavy atom. The molecule has 0 saturated heterocycles. The van der Waals surface area contributed by atoms with E-state index in [4.69, 9.17) is 11.6 Å². The van der Waals surface area contributed by atoms with Gasteiger partial charge in [-0.15, -0.1) is 11.3 Å². The predicted molar refractivity (Wildman–Crippen MR) is 90.0 cm³/mol. The van der Waals surface area contributed by atoms with Gasteiger partial charge in [-0.1, -0.05) is 36.2 Å². The van der Waals surface area contributed by atoms with Gasteiger partial charge in [0.1, 0.15) is 0 Å². The fourth-order valence-corrected chi connectivity index (χ4v) is 3.38. The molecule has 0 atom stereocenters. The number of benzene rings is 1. The van der Waals surface area contributed by atoms with Gasteiger partial charge in [0.2, 0.25) is 0 Å². The zero-order valence-corrected chi connectivity index (χ0v) is 13.8. The molecule has 0 bridgehead atoms. The molecule has 0 aliphatic heterocycles. The summed E-state index contributed by atoms with van der Waals surface area (Å²) < 4.78 is 0.852. The molecule has 0 aliphatic rings. The fraction of sp³-hybridized carbons (Fsp3) is 0.375. The number of hydrogen-bond donors (Lipinski definition) is 1. The standard InChI is InChI=1S/C16H21ClN2S/c1-4-18-10-13-9-12(2)5-7-15(13)19(3)11-14-6-8-16(17)20-14/h5-9,18H,4,10-11H2,1-3H3. The summed E-state index contributed by atoms with van der Waals surface area (Å²) in [6.45, 7) is 7.05. The first kappa shape index (κ1) is 15.4. The van der Waals surface area contributed by atoms with Crippen LogP contribution < -0.4 is 10.2 Å². The molecule has 0 aliphatic carbocycles. The summed E-state index contributed by atoms with van der Waals surface area (Å²) in [5.74, 6) is 0. The molecule has 1 heterocycles. The molecule has 4 heteroatoms. The van der Waals surface area contributed by atoms with Gasteiger partial charge < -0.3 is 10.2 Å². The first-order valence-corrected chi connectivity index (χ1v) is 8.05. The molecule has 2 rings (SSSR count). The van der Waals surface area contributed by atoms with Crippen molar-refractivity contribution in [3.8, 4) is 0 Å².